The van der Waals surface area contributed by atoms with Crippen molar-refractivity contribution in [3.8, 4) is 0 Å². The number of hydrogen-bond donors (Lipinski definition) is 0. The molecule has 0 aliphatic carbocycles. The first-order valence-electron chi connectivity index (χ1n) is 9.15. The van der Waals surface area contributed by atoms with Crippen molar-refractivity contribution in [1.82, 2.24) is 3.46 Å². The van der Waals surface area contributed by atoms with Crippen LogP contribution in [0.4, 0.5) is 0 Å². The van der Waals surface area contributed by atoms with Crippen LogP contribution in [0.25, 0.3) is 0 Å². The van der Waals surface area contributed by atoms with Crippen molar-refractivity contribution < 1.29 is 21.1 Å². The van der Waals surface area contributed by atoms with Crippen LogP contribution in [-0.2, 0) is 21.1 Å². The third-order valence-electron chi connectivity index (χ3n) is 4.83. The standard InChI is InChI=1S/C24H21P.Cl3N.Pt/c1-5-13-21(14-6-1)25(22-15-7-2-8-16-22,23-17-9-3-10-18-23)24-19-11-4-12-20-24;1-4(2)3;/h1-20,25H;;. The molecule has 0 aliphatic rings. The van der Waals surface area contributed by atoms with Gasteiger partial charge in [0.25, 0.3) is 0 Å². The Kier molecular flexibility index (Phi) is 10.6. The van der Waals surface area contributed by atoms with E-state index in [1.165, 1.54) is 21.2 Å². The molecule has 0 N–H and O–H groups in total. The van der Waals surface area contributed by atoms with E-state index in [-0.39, 0.29) is 21.1 Å². The van der Waals surface area contributed by atoms with Gasteiger partial charge in [-0.15, -0.1) is 0 Å². The second-order valence-corrected chi connectivity index (χ2v) is 11.7. The van der Waals surface area contributed by atoms with Gasteiger partial charge in [0.1, 0.15) is 0 Å². The monoisotopic (exact) mass is 654 g/mol. The number of nitrogens with zero attached hydrogens (tertiary/aromatic N) is 1. The van der Waals surface area contributed by atoms with Gasteiger partial charge in [0.05, 0.1) is 0 Å². The van der Waals surface area contributed by atoms with Gasteiger partial charge in [-0.05, 0) is 3.46 Å². The van der Waals surface area contributed by atoms with E-state index in [1.807, 2.05) is 0 Å². The first-order valence-corrected chi connectivity index (χ1v) is 12.2. The zero-order chi connectivity index (χ0) is 20.5. The van der Waals surface area contributed by atoms with E-state index >= 15 is 0 Å². The Hall–Kier alpha value is -1.17. The average Bonchev–Trinajstić information content (AvgIpc) is 2.77. The molecule has 6 heteroatoms. The summed E-state index contributed by atoms with van der Waals surface area (Å²) in [5.41, 5.74) is 0. The molecule has 4 aromatic carbocycles. The molecule has 0 saturated carbocycles. The van der Waals surface area contributed by atoms with E-state index in [2.05, 4.69) is 157 Å². The van der Waals surface area contributed by atoms with Crippen molar-refractivity contribution in [2.75, 3.05) is 0 Å². The Bertz CT molecular complexity index is 822. The summed E-state index contributed by atoms with van der Waals surface area (Å²) in [4.78, 5) is 0. The Balaban J connectivity index is 0.000000591. The fraction of sp³-hybridized carbons (Fsp3) is 0. The first kappa shape index (κ1) is 25.1. The van der Waals surface area contributed by atoms with Crippen LogP contribution >= 0.6 is 42.6 Å². The van der Waals surface area contributed by atoms with E-state index in [0.717, 1.165) is 0 Å². The first-order chi connectivity index (χ1) is 14.2. The van der Waals surface area contributed by atoms with Gasteiger partial charge >= 0.3 is 150 Å². The Morgan fingerprint density at radius 2 is 0.567 bits per heavy atom. The van der Waals surface area contributed by atoms with Crippen molar-refractivity contribution in [3.63, 3.8) is 0 Å². The van der Waals surface area contributed by atoms with Gasteiger partial charge in [-0.3, -0.25) is 0 Å². The molecule has 0 saturated heterocycles. The van der Waals surface area contributed by atoms with Crippen LogP contribution in [0.3, 0.4) is 0 Å². The van der Waals surface area contributed by atoms with Crippen LogP contribution in [0.2, 0.25) is 0 Å². The van der Waals surface area contributed by atoms with E-state index in [0.29, 0.717) is 3.46 Å². The molecule has 4 aromatic rings. The molecular weight excluding hydrogens is 635 g/mol. The van der Waals surface area contributed by atoms with E-state index < -0.39 is 7.26 Å². The van der Waals surface area contributed by atoms with E-state index in [9.17, 15) is 0 Å². The fourth-order valence-corrected chi connectivity index (χ4v) is 8.52. The molecule has 30 heavy (non-hydrogen) atoms. The minimum atomic E-state index is -2.30. The minimum absolute atomic E-state index is 0. The van der Waals surface area contributed by atoms with Crippen LogP contribution in [0.5, 0.6) is 0 Å². The summed E-state index contributed by atoms with van der Waals surface area (Å²) in [6.45, 7) is 0. The quantitative estimate of drug-likeness (QED) is 0.199. The summed E-state index contributed by atoms with van der Waals surface area (Å²) < 4.78 is 0.417. The molecule has 0 spiro atoms. The second kappa shape index (κ2) is 12.6. The third-order valence-corrected chi connectivity index (χ3v) is 9.62. The Morgan fingerprint density at radius 3 is 0.733 bits per heavy atom. The number of hydrogen-bond acceptors (Lipinski definition) is 1. The molecule has 0 fully saturated rings. The van der Waals surface area contributed by atoms with Crippen molar-refractivity contribution >= 4 is 63.8 Å². The molecule has 158 valence electrons. The van der Waals surface area contributed by atoms with Crippen molar-refractivity contribution in [3.05, 3.63) is 121 Å². The molecule has 0 aromatic heterocycles. The average molecular weight is 656 g/mol. The van der Waals surface area contributed by atoms with Crippen LogP contribution in [0.1, 0.15) is 0 Å². The molecule has 0 bridgehead atoms. The summed E-state index contributed by atoms with van der Waals surface area (Å²) in [5, 5.41) is 5.66. The summed E-state index contributed by atoms with van der Waals surface area (Å²) >= 11 is 13.9. The zero-order valence-electron chi connectivity index (χ0n) is 15.9. The molecular formula is C24H21Cl3NPPt. The molecule has 0 unspecified atom stereocenters. The maximum atomic E-state index is 4.64. The van der Waals surface area contributed by atoms with Crippen molar-refractivity contribution in [1.29, 1.82) is 0 Å². The molecule has 0 amide bonds. The molecule has 0 atom stereocenters. The number of rotatable bonds is 4. The molecule has 0 aliphatic heterocycles. The van der Waals surface area contributed by atoms with Gasteiger partial charge in [-0.1, -0.05) is 0 Å². The number of halogens is 3. The van der Waals surface area contributed by atoms with Crippen LogP contribution in [0.15, 0.2) is 121 Å². The van der Waals surface area contributed by atoms with Crippen LogP contribution in [0, 0.1) is 0 Å². The third kappa shape index (κ3) is 5.95. The predicted molar refractivity (Wildman–Crippen MR) is 132 cm³/mol. The normalized spacial score (nSPS) is 11.1. The summed E-state index contributed by atoms with van der Waals surface area (Å²) in [5.74, 6) is 0. The maximum absolute atomic E-state index is 4.64. The zero-order valence-corrected chi connectivity index (χ0v) is 21.5. The van der Waals surface area contributed by atoms with Gasteiger partial charge < -0.3 is 0 Å². The van der Waals surface area contributed by atoms with Crippen molar-refractivity contribution in [2.24, 2.45) is 0 Å². The molecule has 0 radical (unpaired) electrons. The van der Waals surface area contributed by atoms with E-state index in [4.69, 9.17) is 0 Å². The Morgan fingerprint density at radius 1 is 0.400 bits per heavy atom. The van der Waals surface area contributed by atoms with Gasteiger partial charge in [0.15, 0.2) is 0 Å². The molecule has 0 heterocycles. The summed E-state index contributed by atoms with van der Waals surface area (Å²) in [7, 11) is -2.30. The van der Waals surface area contributed by atoms with Gasteiger partial charge in [0, 0.05) is 56.4 Å². The van der Waals surface area contributed by atoms with Gasteiger partial charge in [0.2, 0.25) is 0 Å². The van der Waals surface area contributed by atoms with Crippen molar-refractivity contribution in [2.45, 2.75) is 0 Å². The molecule has 4 rings (SSSR count). The number of benzene rings is 4. The molecule has 1 nitrogen and oxygen atoms in total. The summed E-state index contributed by atoms with van der Waals surface area (Å²) in [6, 6.07) is 44.0. The van der Waals surface area contributed by atoms with E-state index in [1.54, 1.807) is 0 Å². The van der Waals surface area contributed by atoms with Gasteiger partial charge in [-0.25, -0.2) is 0 Å². The Labute approximate surface area is 208 Å². The van der Waals surface area contributed by atoms with Crippen LogP contribution in [-0.4, -0.2) is 3.46 Å². The summed E-state index contributed by atoms with van der Waals surface area (Å²) in [6.07, 6.45) is 0. The fourth-order valence-electron chi connectivity index (χ4n) is 3.75. The predicted octanol–water partition coefficient (Wildman–Crippen LogP) is 5.79. The second-order valence-electron chi connectivity index (χ2n) is 6.41. The SMILES string of the molecule is ClN(Cl)Cl.[Pt].c1ccc([PH](c2ccccc2)(c2ccccc2)c2ccccc2)cc1. The topological polar surface area (TPSA) is 3.24 Å². The van der Waals surface area contributed by atoms with Crippen LogP contribution < -0.4 is 21.2 Å². The van der Waals surface area contributed by atoms with Gasteiger partial charge in [-0.2, -0.15) is 0 Å².